The van der Waals surface area contributed by atoms with Crippen LogP contribution in [0.5, 0.6) is 0 Å². The molecule has 16 heavy (non-hydrogen) atoms. The predicted molar refractivity (Wildman–Crippen MR) is 64.5 cm³/mol. The second kappa shape index (κ2) is 6.27. The summed E-state index contributed by atoms with van der Waals surface area (Å²) in [6.45, 7) is 4.58. The fraction of sp³-hybridized carbons (Fsp3) is 0.455. The van der Waals surface area contributed by atoms with Gasteiger partial charge in [-0.25, -0.2) is 0 Å². The van der Waals surface area contributed by atoms with Gasteiger partial charge in [-0.2, -0.15) is 11.3 Å². The molecule has 88 valence electrons. The van der Waals surface area contributed by atoms with Crippen molar-refractivity contribution >= 4 is 23.2 Å². The number of thiophene rings is 1. The predicted octanol–water partition coefficient (Wildman–Crippen LogP) is 1.25. The summed E-state index contributed by atoms with van der Waals surface area (Å²) < 4.78 is 0. The Kier molecular flexibility index (Phi) is 4.98. The van der Waals surface area contributed by atoms with Crippen molar-refractivity contribution in [2.45, 2.75) is 13.8 Å². The van der Waals surface area contributed by atoms with Crippen LogP contribution in [0.2, 0.25) is 0 Å². The van der Waals surface area contributed by atoms with Crippen molar-refractivity contribution in [3.8, 4) is 0 Å². The Bertz CT molecular complexity index is 347. The third-order valence-corrected chi connectivity index (χ3v) is 2.70. The number of rotatable bonds is 5. The summed E-state index contributed by atoms with van der Waals surface area (Å²) in [7, 11) is 0. The third-order valence-electron chi connectivity index (χ3n) is 2.02. The molecule has 0 spiro atoms. The average Bonchev–Trinajstić information content (AvgIpc) is 2.76. The molecule has 0 fully saturated rings. The lowest BCUT2D eigenvalue weighted by molar-refractivity contribution is -0.123. The number of hydrogen-bond acceptors (Lipinski definition) is 3. The van der Waals surface area contributed by atoms with Crippen molar-refractivity contribution in [1.82, 2.24) is 10.6 Å². The van der Waals surface area contributed by atoms with Crippen LogP contribution in [0.1, 0.15) is 24.2 Å². The van der Waals surface area contributed by atoms with Gasteiger partial charge in [-0.1, -0.05) is 13.8 Å². The van der Waals surface area contributed by atoms with Gasteiger partial charge in [0.05, 0.1) is 0 Å². The lowest BCUT2D eigenvalue weighted by Crippen LogP contribution is -2.36. The summed E-state index contributed by atoms with van der Waals surface area (Å²) in [5, 5.41) is 9.11. The molecule has 2 N–H and O–H groups in total. The summed E-state index contributed by atoms with van der Waals surface area (Å²) in [5.74, 6) is -0.114. The van der Waals surface area contributed by atoms with Crippen LogP contribution in [0.3, 0.4) is 0 Å². The van der Waals surface area contributed by atoms with Crippen LogP contribution in [0.4, 0.5) is 0 Å². The van der Waals surface area contributed by atoms with E-state index < -0.39 is 0 Å². The molecule has 0 aliphatic heterocycles. The first-order valence-electron chi connectivity index (χ1n) is 5.19. The maximum Gasteiger partial charge on any atom is 0.252 e. The molecule has 0 aliphatic rings. The van der Waals surface area contributed by atoms with Gasteiger partial charge in [0.15, 0.2) is 0 Å². The number of amides is 2. The molecule has 1 rings (SSSR count). The molecule has 0 bridgehead atoms. The Labute approximate surface area is 99.0 Å². The molecule has 0 radical (unpaired) electrons. The normalized spacial score (nSPS) is 10.2. The first kappa shape index (κ1) is 12.7. The standard InChI is InChI=1S/C11H16N2O2S/c1-8(2)10(14)12-4-5-13-11(15)9-3-6-16-7-9/h3,6-8H,4-5H2,1-2H3,(H,12,14)(H,13,15). The van der Waals surface area contributed by atoms with E-state index in [2.05, 4.69) is 10.6 Å². The van der Waals surface area contributed by atoms with E-state index in [1.54, 1.807) is 11.4 Å². The minimum atomic E-state index is -0.0972. The Balaban J connectivity index is 2.17. The molecule has 0 aromatic carbocycles. The van der Waals surface area contributed by atoms with E-state index in [1.165, 1.54) is 11.3 Å². The summed E-state index contributed by atoms with van der Waals surface area (Å²) in [6.07, 6.45) is 0. The minimum absolute atomic E-state index is 0.00443. The first-order chi connectivity index (χ1) is 7.61. The molecule has 0 atom stereocenters. The molecule has 0 saturated carbocycles. The zero-order valence-electron chi connectivity index (χ0n) is 9.45. The molecule has 4 nitrogen and oxygen atoms in total. The van der Waals surface area contributed by atoms with E-state index >= 15 is 0 Å². The summed E-state index contributed by atoms with van der Waals surface area (Å²) >= 11 is 1.49. The molecular weight excluding hydrogens is 224 g/mol. The molecular formula is C11H16N2O2S. The van der Waals surface area contributed by atoms with Crippen LogP contribution in [0, 0.1) is 5.92 Å². The quantitative estimate of drug-likeness (QED) is 0.761. The van der Waals surface area contributed by atoms with E-state index in [4.69, 9.17) is 0 Å². The van der Waals surface area contributed by atoms with Crippen molar-refractivity contribution < 1.29 is 9.59 Å². The number of hydrogen-bond donors (Lipinski definition) is 2. The Morgan fingerprint density at radius 2 is 2.00 bits per heavy atom. The van der Waals surface area contributed by atoms with Crippen LogP contribution in [0.25, 0.3) is 0 Å². The lowest BCUT2D eigenvalue weighted by Gasteiger charge is -2.08. The average molecular weight is 240 g/mol. The van der Waals surface area contributed by atoms with E-state index in [1.807, 2.05) is 19.2 Å². The monoisotopic (exact) mass is 240 g/mol. The van der Waals surface area contributed by atoms with Crippen LogP contribution in [-0.2, 0) is 4.79 Å². The molecule has 1 aromatic heterocycles. The van der Waals surface area contributed by atoms with Crippen molar-refractivity contribution in [2.24, 2.45) is 5.92 Å². The van der Waals surface area contributed by atoms with Gasteiger partial charge in [0.2, 0.25) is 5.91 Å². The van der Waals surface area contributed by atoms with Crippen molar-refractivity contribution in [1.29, 1.82) is 0 Å². The highest BCUT2D eigenvalue weighted by Crippen LogP contribution is 2.04. The highest BCUT2D eigenvalue weighted by molar-refractivity contribution is 7.08. The van der Waals surface area contributed by atoms with Gasteiger partial charge >= 0.3 is 0 Å². The smallest absolute Gasteiger partial charge is 0.252 e. The molecule has 5 heteroatoms. The van der Waals surface area contributed by atoms with E-state index in [0.717, 1.165) is 0 Å². The second-order valence-corrected chi connectivity index (χ2v) is 4.49. The molecule has 1 aromatic rings. The fourth-order valence-electron chi connectivity index (χ4n) is 1.06. The van der Waals surface area contributed by atoms with Gasteiger partial charge in [0.1, 0.15) is 0 Å². The van der Waals surface area contributed by atoms with Crippen molar-refractivity contribution in [3.63, 3.8) is 0 Å². The van der Waals surface area contributed by atoms with E-state index in [-0.39, 0.29) is 17.7 Å². The maximum absolute atomic E-state index is 11.5. The van der Waals surface area contributed by atoms with Crippen LogP contribution in [0.15, 0.2) is 16.8 Å². The lowest BCUT2D eigenvalue weighted by atomic mass is 10.2. The first-order valence-corrected chi connectivity index (χ1v) is 6.13. The Morgan fingerprint density at radius 1 is 1.31 bits per heavy atom. The van der Waals surface area contributed by atoms with E-state index in [0.29, 0.717) is 18.7 Å². The molecule has 0 saturated heterocycles. The van der Waals surface area contributed by atoms with E-state index in [9.17, 15) is 9.59 Å². The Hall–Kier alpha value is -1.36. The van der Waals surface area contributed by atoms with Gasteiger partial charge < -0.3 is 10.6 Å². The highest BCUT2D eigenvalue weighted by atomic mass is 32.1. The fourth-order valence-corrected chi connectivity index (χ4v) is 1.70. The zero-order chi connectivity index (χ0) is 12.0. The number of carbonyl (C=O) groups excluding carboxylic acids is 2. The Morgan fingerprint density at radius 3 is 2.56 bits per heavy atom. The molecule has 2 amide bonds. The molecule has 0 unspecified atom stereocenters. The van der Waals surface area contributed by atoms with Gasteiger partial charge in [-0.3, -0.25) is 9.59 Å². The highest BCUT2D eigenvalue weighted by Gasteiger charge is 2.06. The minimum Gasteiger partial charge on any atom is -0.354 e. The molecule has 0 aliphatic carbocycles. The maximum atomic E-state index is 11.5. The second-order valence-electron chi connectivity index (χ2n) is 3.71. The summed E-state index contributed by atoms with van der Waals surface area (Å²) in [4.78, 5) is 22.7. The summed E-state index contributed by atoms with van der Waals surface area (Å²) in [6, 6.07) is 1.77. The van der Waals surface area contributed by atoms with Crippen LogP contribution < -0.4 is 10.6 Å². The molecule has 1 heterocycles. The summed E-state index contributed by atoms with van der Waals surface area (Å²) in [5.41, 5.74) is 0.667. The number of carbonyl (C=O) groups is 2. The SMILES string of the molecule is CC(C)C(=O)NCCNC(=O)c1ccsc1. The number of nitrogens with one attached hydrogen (secondary N) is 2. The largest absolute Gasteiger partial charge is 0.354 e. The third kappa shape index (κ3) is 4.02. The zero-order valence-corrected chi connectivity index (χ0v) is 10.3. The van der Waals surface area contributed by atoms with Gasteiger partial charge in [0, 0.05) is 30.0 Å². The van der Waals surface area contributed by atoms with Gasteiger partial charge in [-0.05, 0) is 11.4 Å². The van der Waals surface area contributed by atoms with Crippen LogP contribution in [-0.4, -0.2) is 24.9 Å². The topological polar surface area (TPSA) is 58.2 Å². The van der Waals surface area contributed by atoms with Gasteiger partial charge in [0.25, 0.3) is 5.91 Å². The van der Waals surface area contributed by atoms with Crippen molar-refractivity contribution in [3.05, 3.63) is 22.4 Å². The van der Waals surface area contributed by atoms with Gasteiger partial charge in [-0.15, -0.1) is 0 Å². The van der Waals surface area contributed by atoms with Crippen LogP contribution >= 0.6 is 11.3 Å². The van der Waals surface area contributed by atoms with Crippen molar-refractivity contribution in [2.75, 3.05) is 13.1 Å².